The van der Waals surface area contributed by atoms with Crippen molar-refractivity contribution < 1.29 is 32.9 Å². The number of likely N-dealkylation sites (tertiary alicyclic amines) is 1. The summed E-state index contributed by atoms with van der Waals surface area (Å²) in [5.74, 6) is 0.0946. The first-order valence-electron chi connectivity index (χ1n) is 11.4. The molecular weight excluding hydrogens is 501 g/mol. The Hall–Kier alpha value is -2.60. The standard InChI is InChI=1S/C24H30ClF3N4O3.H2O/c1-34-20-8-4-3-7-17(20)23(33)31-19-9-12-32(15-21(19)35-2)11-6-5-10-29-22-18(24(26,27)28)13-16(25)14-30-22;/h3-4,7-8,13-14,19,21H,5-6,9-12,15H2,1-2H3,(H,29,30)(H,31,33);1H2. The summed E-state index contributed by atoms with van der Waals surface area (Å²) in [6.07, 6.45) is -1.32. The minimum atomic E-state index is -4.53. The highest BCUT2D eigenvalue weighted by Crippen LogP contribution is 2.35. The van der Waals surface area contributed by atoms with Crippen molar-refractivity contribution in [1.82, 2.24) is 15.2 Å². The van der Waals surface area contributed by atoms with Gasteiger partial charge in [0.1, 0.15) is 11.6 Å². The van der Waals surface area contributed by atoms with Crippen molar-refractivity contribution in [2.24, 2.45) is 0 Å². The zero-order valence-electron chi connectivity index (χ0n) is 20.2. The van der Waals surface area contributed by atoms with Crippen LogP contribution in [0.4, 0.5) is 19.0 Å². The van der Waals surface area contributed by atoms with Gasteiger partial charge >= 0.3 is 6.18 Å². The van der Waals surface area contributed by atoms with Gasteiger partial charge in [-0.2, -0.15) is 13.2 Å². The molecule has 0 radical (unpaired) electrons. The highest BCUT2D eigenvalue weighted by molar-refractivity contribution is 6.30. The molecule has 0 bridgehead atoms. The maximum absolute atomic E-state index is 13.2. The monoisotopic (exact) mass is 532 g/mol. The van der Waals surface area contributed by atoms with Crippen LogP contribution in [-0.2, 0) is 10.9 Å². The molecule has 2 unspecified atom stereocenters. The number of piperidine rings is 1. The van der Waals surface area contributed by atoms with Gasteiger partial charge in [0.2, 0.25) is 0 Å². The van der Waals surface area contributed by atoms with Crippen molar-refractivity contribution >= 4 is 23.3 Å². The van der Waals surface area contributed by atoms with E-state index in [9.17, 15) is 18.0 Å². The summed E-state index contributed by atoms with van der Waals surface area (Å²) in [4.78, 5) is 18.8. The topological polar surface area (TPSA) is 107 Å². The van der Waals surface area contributed by atoms with Crippen molar-refractivity contribution in [3.05, 3.63) is 52.7 Å². The van der Waals surface area contributed by atoms with Gasteiger partial charge in [0.05, 0.1) is 35.4 Å². The van der Waals surface area contributed by atoms with Crippen LogP contribution in [-0.4, -0.2) is 73.8 Å². The van der Waals surface area contributed by atoms with E-state index in [2.05, 4.69) is 20.5 Å². The number of unbranched alkanes of at least 4 members (excludes halogenated alkanes) is 1. The van der Waals surface area contributed by atoms with Gasteiger partial charge in [-0.05, 0) is 44.0 Å². The lowest BCUT2D eigenvalue weighted by atomic mass is 10.0. The molecule has 1 amide bonds. The number of amides is 1. The average Bonchev–Trinajstić information content (AvgIpc) is 2.84. The predicted octanol–water partition coefficient (Wildman–Crippen LogP) is 3.65. The van der Waals surface area contributed by atoms with E-state index in [0.717, 1.165) is 32.0 Å². The van der Waals surface area contributed by atoms with Crippen molar-refractivity contribution in [3.63, 3.8) is 0 Å². The zero-order valence-corrected chi connectivity index (χ0v) is 21.0. The number of hydrogen-bond donors (Lipinski definition) is 2. The molecule has 200 valence electrons. The number of alkyl halides is 3. The minimum Gasteiger partial charge on any atom is -0.496 e. The summed E-state index contributed by atoms with van der Waals surface area (Å²) in [6, 6.07) is 7.80. The van der Waals surface area contributed by atoms with Gasteiger partial charge in [-0.1, -0.05) is 23.7 Å². The Bertz CT molecular complexity index is 996. The number of anilines is 1. The number of hydrogen-bond acceptors (Lipinski definition) is 6. The Balaban J connectivity index is 0.00000456. The summed E-state index contributed by atoms with van der Waals surface area (Å²) in [7, 11) is 3.15. The van der Waals surface area contributed by atoms with E-state index in [-0.39, 0.29) is 34.4 Å². The normalized spacial score (nSPS) is 18.3. The molecule has 12 heteroatoms. The zero-order chi connectivity index (χ0) is 25.4. The second-order valence-electron chi connectivity index (χ2n) is 8.33. The number of aromatic nitrogens is 1. The molecular formula is C24H32ClF3N4O4. The van der Waals surface area contributed by atoms with Crippen LogP contribution in [0.3, 0.4) is 0 Å². The molecule has 1 saturated heterocycles. The van der Waals surface area contributed by atoms with Gasteiger partial charge in [0.25, 0.3) is 5.91 Å². The summed E-state index contributed by atoms with van der Waals surface area (Å²) in [6.45, 7) is 2.56. The number of nitrogens with zero attached hydrogens (tertiary/aromatic N) is 2. The summed E-state index contributed by atoms with van der Waals surface area (Å²) < 4.78 is 50.4. The molecule has 0 aliphatic carbocycles. The van der Waals surface area contributed by atoms with E-state index in [4.69, 9.17) is 21.1 Å². The average molecular weight is 533 g/mol. The number of nitrogens with one attached hydrogen (secondary N) is 2. The molecule has 2 atom stereocenters. The van der Waals surface area contributed by atoms with Crippen LogP contribution in [0, 0.1) is 0 Å². The smallest absolute Gasteiger partial charge is 0.420 e. The fourth-order valence-corrected chi connectivity index (χ4v) is 4.29. The summed E-state index contributed by atoms with van der Waals surface area (Å²) >= 11 is 5.66. The number of carbonyl (C=O) groups is 1. The predicted molar refractivity (Wildman–Crippen MR) is 132 cm³/mol. The Kier molecular flexibility index (Phi) is 11.2. The van der Waals surface area contributed by atoms with Crippen molar-refractivity contribution in [3.8, 4) is 5.75 Å². The molecule has 2 aromatic rings. The van der Waals surface area contributed by atoms with Gasteiger partial charge in [0, 0.05) is 32.9 Å². The number of benzene rings is 1. The van der Waals surface area contributed by atoms with Gasteiger partial charge < -0.3 is 30.5 Å². The summed E-state index contributed by atoms with van der Waals surface area (Å²) in [5.41, 5.74) is -0.395. The van der Waals surface area contributed by atoms with Gasteiger partial charge in [-0.25, -0.2) is 4.98 Å². The Labute approximate surface area is 213 Å². The van der Waals surface area contributed by atoms with Gasteiger partial charge in [0.15, 0.2) is 0 Å². The Morgan fingerprint density at radius 2 is 2.00 bits per heavy atom. The number of rotatable bonds is 10. The molecule has 8 nitrogen and oxygen atoms in total. The SMILES string of the molecule is COc1ccccc1C(=O)NC1CCN(CCCCNc2ncc(Cl)cc2C(F)(F)F)CC1OC.O. The minimum absolute atomic E-state index is 0. The summed E-state index contributed by atoms with van der Waals surface area (Å²) in [5, 5.41) is 5.77. The van der Waals surface area contributed by atoms with Crippen molar-refractivity contribution in [2.45, 2.75) is 37.6 Å². The molecule has 1 fully saturated rings. The van der Waals surface area contributed by atoms with E-state index in [1.54, 1.807) is 25.3 Å². The van der Waals surface area contributed by atoms with Crippen LogP contribution in [0.25, 0.3) is 0 Å². The first-order chi connectivity index (χ1) is 16.7. The Morgan fingerprint density at radius 3 is 2.69 bits per heavy atom. The second kappa shape index (κ2) is 13.6. The van der Waals surface area contributed by atoms with E-state index in [1.807, 2.05) is 6.07 Å². The van der Waals surface area contributed by atoms with Crippen LogP contribution >= 0.6 is 11.6 Å². The molecule has 3 rings (SSSR count). The fourth-order valence-electron chi connectivity index (χ4n) is 4.13. The molecule has 2 heterocycles. The van der Waals surface area contributed by atoms with Crippen LogP contribution in [0.15, 0.2) is 36.5 Å². The molecule has 1 aliphatic rings. The van der Waals surface area contributed by atoms with E-state index >= 15 is 0 Å². The third-order valence-electron chi connectivity index (χ3n) is 5.97. The number of carbonyl (C=O) groups excluding carboxylic acids is 1. The lowest BCUT2D eigenvalue weighted by Crippen LogP contribution is -2.54. The quantitative estimate of drug-likeness (QED) is 0.452. The second-order valence-corrected chi connectivity index (χ2v) is 8.76. The largest absolute Gasteiger partial charge is 0.496 e. The lowest BCUT2D eigenvalue weighted by molar-refractivity contribution is -0.137. The van der Waals surface area contributed by atoms with Crippen molar-refractivity contribution in [1.29, 1.82) is 0 Å². The highest BCUT2D eigenvalue weighted by Gasteiger charge is 2.35. The Morgan fingerprint density at radius 1 is 1.25 bits per heavy atom. The number of methoxy groups -OCH3 is 2. The number of pyridine rings is 1. The van der Waals surface area contributed by atoms with Gasteiger partial charge in [-0.15, -0.1) is 0 Å². The first kappa shape index (κ1) is 29.6. The maximum atomic E-state index is 13.2. The van der Waals surface area contributed by atoms with E-state index in [1.165, 1.54) is 13.3 Å². The molecule has 4 N–H and O–H groups in total. The number of halogens is 4. The molecule has 1 aromatic carbocycles. The van der Waals surface area contributed by atoms with Crippen molar-refractivity contribution in [2.75, 3.05) is 45.7 Å². The molecule has 0 spiro atoms. The molecule has 36 heavy (non-hydrogen) atoms. The lowest BCUT2D eigenvalue weighted by Gasteiger charge is -2.38. The molecule has 1 aliphatic heterocycles. The highest BCUT2D eigenvalue weighted by atomic mass is 35.5. The van der Waals surface area contributed by atoms with Crippen LogP contribution in [0.2, 0.25) is 5.02 Å². The fraction of sp³-hybridized carbons (Fsp3) is 0.500. The van der Waals surface area contributed by atoms with Crippen LogP contribution in [0.5, 0.6) is 5.75 Å². The van der Waals surface area contributed by atoms with Gasteiger partial charge in [-0.3, -0.25) is 4.79 Å². The van der Waals surface area contributed by atoms with Crippen LogP contribution in [0.1, 0.15) is 35.2 Å². The molecule has 1 aromatic heterocycles. The van der Waals surface area contributed by atoms with E-state index < -0.39 is 11.7 Å². The first-order valence-corrected chi connectivity index (χ1v) is 11.8. The third-order valence-corrected chi connectivity index (χ3v) is 6.17. The third kappa shape index (κ3) is 7.95. The van der Waals surface area contributed by atoms with Crippen LogP contribution < -0.4 is 15.4 Å². The number of ether oxygens (including phenoxy) is 2. The van der Waals surface area contributed by atoms with E-state index in [0.29, 0.717) is 30.8 Å². The maximum Gasteiger partial charge on any atom is 0.420 e. The molecule has 0 saturated carbocycles. The number of para-hydroxylation sites is 1.